The van der Waals surface area contributed by atoms with E-state index < -0.39 is 0 Å². The Bertz CT molecular complexity index is 603. The zero-order chi connectivity index (χ0) is 14.4. The first-order valence-electron chi connectivity index (χ1n) is 6.62. The number of anilines is 1. The monoisotopic (exact) mass is 267 g/mol. The Morgan fingerprint density at radius 1 is 1.25 bits per heavy atom. The van der Waals surface area contributed by atoms with Crippen molar-refractivity contribution in [1.82, 2.24) is 15.0 Å². The van der Waals surface area contributed by atoms with Crippen molar-refractivity contribution in [2.75, 3.05) is 18.0 Å². The van der Waals surface area contributed by atoms with E-state index in [0.29, 0.717) is 18.8 Å². The van der Waals surface area contributed by atoms with Crippen LogP contribution in [-0.2, 0) is 0 Å². The molecule has 102 valence electrons. The second-order valence-corrected chi connectivity index (χ2v) is 4.41. The summed E-state index contributed by atoms with van der Waals surface area (Å²) in [5.74, 6) is 1.56. The van der Waals surface area contributed by atoms with Gasteiger partial charge in [-0.05, 0) is 26.0 Å². The Kier molecular flexibility index (Phi) is 4.61. The molecule has 0 aliphatic carbocycles. The van der Waals surface area contributed by atoms with Crippen LogP contribution in [0.3, 0.4) is 0 Å². The van der Waals surface area contributed by atoms with E-state index in [0.717, 1.165) is 23.6 Å². The van der Waals surface area contributed by atoms with Gasteiger partial charge < -0.3 is 4.90 Å². The predicted molar refractivity (Wildman–Crippen MR) is 78.1 cm³/mol. The summed E-state index contributed by atoms with van der Waals surface area (Å²) >= 11 is 0. The topological polar surface area (TPSA) is 65.7 Å². The van der Waals surface area contributed by atoms with Crippen LogP contribution in [0.1, 0.15) is 19.0 Å². The fourth-order valence-corrected chi connectivity index (χ4v) is 1.96. The van der Waals surface area contributed by atoms with Crippen LogP contribution in [0.15, 0.2) is 30.6 Å². The number of rotatable bonds is 5. The Hall–Kier alpha value is -2.48. The molecule has 0 saturated carbocycles. The highest BCUT2D eigenvalue weighted by Crippen LogP contribution is 2.19. The summed E-state index contributed by atoms with van der Waals surface area (Å²) in [5.41, 5.74) is 1.86. The van der Waals surface area contributed by atoms with Gasteiger partial charge in [0, 0.05) is 42.8 Å². The van der Waals surface area contributed by atoms with Crippen LogP contribution in [-0.4, -0.2) is 28.0 Å². The lowest BCUT2D eigenvalue weighted by Crippen LogP contribution is -2.25. The quantitative estimate of drug-likeness (QED) is 0.833. The van der Waals surface area contributed by atoms with Crippen LogP contribution in [0, 0.1) is 18.3 Å². The molecule has 0 aromatic carbocycles. The van der Waals surface area contributed by atoms with E-state index in [-0.39, 0.29) is 0 Å². The third kappa shape index (κ3) is 3.29. The fraction of sp³-hybridized carbons (Fsp3) is 0.333. The summed E-state index contributed by atoms with van der Waals surface area (Å²) in [6.07, 6.45) is 3.95. The number of nitriles is 1. The maximum absolute atomic E-state index is 8.73. The maximum Gasteiger partial charge on any atom is 0.161 e. The van der Waals surface area contributed by atoms with Crippen LogP contribution in [0.5, 0.6) is 0 Å². The molecule has 2 heterocycles. The van der Waals surface area contributed by atoms with E-state index in [9.17, 15) is 0 Å². The molecule has 5 nitrogen and oxygen atoms in total. The van der Waals surface area contributed by atoms with E-state index in [2.05, 4.69) is 32.8 Å². The van der Waals surface area contributed by atoms with Crippen molar-refractivity contribution >= 4 is 5.82 Å². The van der Waals surface area contributed by atoms with E-state index in [1.54, 1.807) is 12.4 Å². The Labute approximate surface area is 118 Å². The molecule has 20 heavy (non-hydrogen) atoms. The lowest BCUT2D eigenvalue weighted by atomic mass is 10.2. The third-order valence-corrected chi connectivity index (χ3v) is 2.98. The molecule has 2 aromatic heterocycles. The van der Waals surface area contributed by atoms with E-state index >= 15 is 0 Å². The van der Waals surface area contributed by atoms with Crippen LogP contribution >= 0.6 is 0 Å². The van der Waals surface area contributed by atoms with Crippen molar-refractivity contribution in [3.05, 3.63) is 36.3 Å². The number of aryl methyl sites for hydroxylation is 1. The molecule has 2 rings (SSSR count). The second kappa shape index (κ2) is 6.62. The second-order valence-electron chi connectivity index (χ2n) is 4.41. The third-order valence-electron chi connectivity index (χ3n) is 2.98. The Morgan fingerprint density at radius 3 is 2.65 bits per heavy atom. The van der Waals surface area contributed by atoms with E-state index in [4.69, 9.17) is 5.26 Å². The molecule has 0 N–H and O–H groups in total. The van der Waals surface area contributed by atoms with Gasteiger partial charge in [-0.15, -0.1) is 0 Å². The van der Waals surface area contributed by atoms with Gasteiger partial charge in [-0.2, -0.15) is 5.26 Å². The maximum atomic E-state index is 8.73. The van der Waals surface area contributed by atoms with Crippen molar-refractivity contribution in [3.8, 4) is 17.5 Å². The molecule has 0 atom stereocenters. The molecule has 0 unspecified atom stereocenters. The highest BCUT2D eigenvalue weighted by atomic mass is 15.2. The molecular weight excluding hydrogens is 250 g/mol. The molecule has 0 spiro atoms. The number of nitrogens with zero attached hydrogens (tertiary/aromatic N) is 5. The smallest absolute Gasteiger partial charge is 0.161 e. The number of hydrogen-bond acceptors (Lipinski definition) is 5. The molecule has 2 aromatic rings. The van der Waals surface area contributed by atoms with E-state index in [1.165, 1.54) is 0 Å². The molecule has 0 saturated heterocycles. The molecule has 0 aliphatic rings. The minimum atomic E-state index is 0.488. The summed E-state index contributed by atoms with van der Waals surface area (Å²) in [7, 11) is 0. The molecule has 5 heteroatoms. The zero-order valence-electron chi connectivity index (χ0n) is 11.7. The van der Waals surface area contributed by atoms with Gasteiger partial charge >= 0.3 is 0 Å². The van der Waals surface area contributed by atoms with Gasteiger partial charge in [0.2, 0.25) is 0 Å². The van der Waals surface area contributed by atoms with Crippen molar-refractivity contribution in [1.29, 1.82) is 5.26 Å². The first kappa shape index (κ1) is 13.9. The van der Waals surface area contributed by atoms with Gasteiger partial charge in [-0.25, -0.2) is 9.97 Å². The SMILES string of the molecule is CCN(CCC#N)c1cc(C)nc(-c2ccncc2)n1. The summed E-state index contributed by atoms with van der Waals surface area (Å²) < 4.78 is 0. The van der Waals surface area contributed by atoms with Gasteiger partial charge in [0.15, 0.2) is 5.82 Å². The van der Waals surface area contributed by atoms with Gasteiger partial charge in [-0.3, -0.25) is 4.98 Å². The van der Waals surface area contributed by atoms with Crippen LogP contribution in [0.4, 0.5) is 5.82 Å². The summed E-state index contributed by atoms with van der Waals surface area (Å²) in [6.45, 7) is 5.50. The normalized spacial score (nSPS) is 10.1. The first-order chi connectivity index (χ1) is 9.74. The lowest BCUT2D eigenvalue weighted by molar-refractivity contribution is 0.806. The van der Waals surface area contributed by atoms with Crippen molar-refractivity contribution < 1.29 is 0 Å². The van der Waals surface area contributed by atoms with Gasteiger partial charge in [0.1, 0.15) is 5.82 Å². The van der Waals surface area contributed by atoms with Crippen LogP contribution in [0.2, 0.25) is 0 Å². The zero-order valence-corrected chi connectivity index (χ0v) is 11.7. The van der Waals surface area contributed by atoms with Gasteiger partial charge in [0.05, 0.1) is 12.5 Å². The molecule has 0 radical (unpaired) electrons. The molecule has 0 amide bonds. The number of aromatic nitrogens is 3. The fourth-order valence-electron chi connectivity index (χ4n) is 1.96. The van der Waals surface area contributed by atoms with Gasteiger partial charge in [-0.1, -0.05) is 0 Å². The minimum absolute atomic E-state index is 0.488. The lowest BCUT2D eigenvalue weighted by Gasteiger charge is -2.21. The molecule has 0 fully saturated rings. The molecule has 0 aliphatic heterocycles. The average molecular weight is 267 g/mol. The number of pyridine rings is 1. The Morgan fingerprint density at radius 2 is 2.00 bits per heavy atom. The highest BCUT2D eigenvalue weighted by molar-refractivity contribution is 5.57. The summed E-state index contributed by atoms with van der Waals surface area (Å²) in [6, 6.07) is 7.91. The van der Waals surface area contributed by atoms with Crippen molar-refractivity contribution in [3.63, 3.8) is 0 Å². The summed E-state index contributed by atoms with van der Waals surface area (Å²) in [4.78, 5) is 15.2. The predicted octanol–water partition coefficient (Wildman–Crippen LogP) is 2.59. The van der Waals surface area contributed by atoms with Gasteiger partial charge in [0.25, 0.3) is 0 Å². The first-order valence-corrected chi connectivity index (χ1v) is 6.62. The van der Waals surface area contributed by atoms with Crippen molar-refractivity contribution in [2.24, 2.45) is 0 Å². The largest absolute Gasteiger partial charge is 0.356 e. The van der Waals surface area contributed by atoms with Crippen LogP contribution in [0.25, 0.3) is 11.4 Å². The molecular formula is C15H17N5. The highest BCUT2D eigenvalue weighted by Gasteiger charge is 2.10. The number of hydrogen-bond donors (Lipinski definition) is 0. The Balaban J connectivity index is 2.36. The van der Waals surface area contributed by atoms with Crippen molar-refractivity contribution in [2.45, 2.75) is 20.3 Å². The molecule has 0 bridgehead atoms. The standard InChI is InChI=1S/C15H17N5/c1-3-20(10-4-7-16)14-11-12(2)18-15(19-14)13-5-8-17-9-6-13/h5-6,8-9,11H,3-4,10H2,1-2H3. The summed E-state index contributed by atoms with van der Waals surface area (Å²) in [5, 5.41) is 8.73. The van der Waals surface area contributed by atoms with Crippen LogP contribution < -0.4 is 4.90 Å². The van der Waals surface area contributed by atoms with E-state index in [1.807, 2.05) is 25.1 Å². The minimum Gasteiger partial charge on any atom is -0.356 e. The average Bonchev–Trinajstić information content (AvgIpc) is 2.48.